The fourth-order valence-corrected chi connectivity index (χ4v) is 2.84. The number of fused-ring (bicyclic) bond motifs is 1. The maximum Gasteiger partial charge on any atom is 0.322 e. The number of carboxylic acid groups (broad SMARTS) is 1. The Morgan fingerprint density at radius 2 is 2.00 bits per heavy atom. The Morgan fingerprint density at radius 3 is 2.62 bits per heavy atom. The molecule has 26 heavy (non-hydrogen) atoms. The van der Waals surface area contributed by atoms with Crippen LogP contribution in [0.4, 0.5) is 0 Å². The molecule has 1 aliphatic carbocycles. The molecule has 136 valence electrons. The molecular formula is C19H19NO6. The highest BCUT2D eigenvalue weighted by atomic mass is 16.5. The molecule has 0 radical (unpaired) electrons. The number of ketones is 2. The van der Waals surface area contributed by atoms with Crippen LogP contribution in [0.3, 0.4) is 0 Å². The van der Waals surface area contributed by atoms with Crippen LogP contribution in [0.2, 0.25) is 0 Å². The predicted octanol–water partition coefficient (Wildman–Crippen LogP) is 0.544. The van der Waals surface area contributed by atoms with Gasteiger partial charge in [-0.1, -0.05) is 11.8 Å². The van der Waals surface area contributed by atoms with E-state index >= 15 is 0 Å². The molecule has 0 aromatic heterocycles. The third-order valence-electron chi connectivity index (χ3n) is 4.22. The van der Waals surface area contributed by atoms with Gasteiger partial charge in [-0.3, -0.25) is 19.2 Å². The van der Waals surface area contributed by atoms with E-state index in [0.717, 1.165) is 0 Å². The minimum atomic E-state index is -1.55. The van der Waals surface area contributed by atoms with Crippen LogP contribution in [0.5, 0.6) is 0 Å². The highest BCUT2D eigenvalue weighted by molar-refractivity contribution is 6.28. The molecule has 1 aliphatic rings. The van der Waals surface area contributed by atoms with E-state index in [0.29, 0.717) is 11.1 Å². The molecule has 0 fully saturated rings. The third kappa shape index (κ3) is 3.65. The highest BCUT2D eigenvalue weighted by Gasteiger charge is 2.49. The Kier molecular flexibility index (Phi) is 5.58. The SMILES string of the molecule is COCC#Cc1ccc2c(c1)C(C)(C)C(=O)C(C(=O)NCC(=O)O)C2=O. The van der Waals surface area contributed by atoms with Crippen molar-refractivity contribution in [1.29, 1.82) is 0 Å². The Labute approximate surface area is 150 Å². The van der Waals surface area contributed by atoms with Gasteiger partial charge in [-0.25, -0.2) is 0 Å². The summed E-state index contributed by atoms with van der Waals surface area (Å²) in [5, 5.41) is 10.8. The Morgan fingerprint density at radius 1 is 1.31 bits per heavy atom. The maximum absolute atomic E-state index is 12.8. The Balaban J connectivity index is 2.43. The van der Waals surface area contributed by atoms with Gasteiger partial charge < -0.3 is 15.2 Å². The standard InChI is InChI=1S/C19H19NO6/c1-19(2)13-9-11(5-4-8-26-3)6-7-12(13)16(23)15(17(19)24)18(25)20-10-14(21)22/h6-7,9,15H,8,10H2,1-3H3,(H,20,25)(H,21,22). The van der Waals surface area contributed by atoms with E-state index in [4.69, 9.17) is 9.84 Å². The van der Waals surface area contributed by atoms with E-state index in [-0.39, 0.29) is 12.2 Å². The van der Waals surface area contributed by atoms with Crippen molar-refractivity contribution in [3.63, 3.8) is 0 Å². The molecule has 0 spiro atoms. The summed E-state index contributed by atoms with van der Waals surface area (Å²) in [6.45, 7) is 2.86. The predicted molar refractivity (Wildman–Crippen MR) is 91.7 cm³/mol. The lowest BCUT2D eigenvalue weighted by atomic mass is 9.66. The third-order valence-corrected chi connectivity index (χ3v) is 4.22. The largest absolute Gasteiger partial charge is 0.480 e. The van der Waals surface area contributed by atoms with Crippen LogP contribution in [0.25, 0.3) is 0 Å². The van der Waals surface area contributed by atoms with E-state index in [2.05, 4.69) is 17.2 Å². The lowest BCUT2D eigenvalue weighted by molar-refractivity contribution is -0.140. The van der Waals surface area contributed by atoms with E-state index in [1.807, 2.05) is 0 Å². The monoisotopic (exact) mass is 357 g/mol. The molecule has 7 heteroatoms. The number of amides is 1. The lowest BCUT2D eigenvalue weighted by Crippen LogP contribution is -2.51. The summed E-state index contributed by atoms with van der Waals surface area (Å²) < 4.78 is 4.86. The molecular weight excluding hydrogens is 338 g/mol. The first-order valence-electron chi connectivity index (χ1n) is 7.90. The van der Waals surface area contributed by atoms with Gasteiger partial charge in [0.05, 0.1) is 5.41 Å². The smallest absolute Gasteiger partial charge is 0.322 e. The maximum atomic E-state index is 12.8. The number of benzene rings is 1. The molecule has 0 saturated carbocycles. The molecule has 1 unspecified atom stereocenters. The normalized spacial score (nSPS) is 17.7. The minimum absolute atomic E-state index is 0.254. The number of methoxy groups -OCH3 is 1. The number of rotatable bonds is 4. The van der Waals surface area contributed by atoms with Crippen molar-refractivity contribution < 1.29 is 29.0 Å². The highest BCUT2D eigenvalue weighted by Crippen LogP contribution is 2.37. The molecule has 0 saturated heterocycles. The van der Waals surface area contributed by atoms with Gasteiger partial charge in [0.2, 0.25) is 5.91 Å². The van der Waals surface area contributed by atoms with E-state index in [9.17, 15) is 19.2 Å². The van der Waals surface area contributed by atoms with Crippen LogP contribution in [-0.4, -0.2) is 48.8 Å². The quantitative estimate of drug-likeness (QED) is 0.601. The van der Waals surface area contributed by atoms with Gasteiger partial charge in [-0.2, -0.15) is 0 Å². The summed E-state index contributed by atoms with van der Waals surface area (Å²) in [4.78, 5) is 48.3. The number of ether oxygens (including phenoxy) is 1. The molecule has 0 heterocycles. The molecule has 0 aliphatic heterocycles. The first kappa shape index (κ1) is 19.3. The van der Waals surface area contributed by atoms with Crippen molar-refractivity contribution in [2.24, 2.45) is 5.92 Å². The molecule has 2 rings (SSSR count). The molecule has 1 aromatic carbocycles. The fraction of sp³-hybridized carbons (Fsp3) is 0.368. The zero-order chi connectivity index (χ0) is 19.5. The lowest BCUT2D eigenvalue weighted by Gasteiger charge is -2.34. The van der Waals surface area contributed by atoms with E-state index < -0.39 is 41.3 Å². The number of nitrogens with one attached hydrogen (secondary N) is 1. The number of hydrogen-bond acceptors (Lipinski definition) is 5. The molecule has 0 bridgehead atoms. The first-order valence-corrected chi connectivity index (χ1v) is 7.90. The second kappa shape index (κ2) is 7.50. The Bertz CT molecular complexity index is 843. The second-order valence-electron chi connectivity index (χ2n) is 6.39. The van der Waals surface area contributed by atoms with Gasteiger partial charge in [0.25, 0.3) is 0 Å². The summed E-state index contributed by atoms with van der Waals surface area (Å²) in [6.07, 6.45) is 0. The van der Waals surface area contributed by atoms with Gasteiger partial charge >= 0.3 is 5.97 Å². The summed E-state index contributed by atoms with van der Waals surface area (Å²) in [5.74, 6) is 0.775. The van der Waals surface area contributed by atoms with Crippen molar-refractivity contribution in [1.82, 2.24) is 5.32 Å². The number of hydrogen-bond donors (Lipinski definition) is 2. The Hall–Kier alpha value is -2.98. The number of carbonyl (C=O) groups excluding carboxylic acids is 3. The minimum Gasteiger partial charge on any atom is -0.480 e. The first-order chi connectivity index (χ1) is 12.2. The van der Waals surface area contributed by atoms with Crippen molar-refractivity contribution in [3.8, 4) is 11.8 Å². The zero-order valence-corrected chi connectivity index (χ0v) is 14.7. The van der Waals surface area contributed by atoms with E-state index in [1.165, 1.54) is 7.11 Å². The van der Waals surface area contributed by atoms with Crippen LogP contribution in [0, 0.1) is 17.8 Å². The van der Waals surface area contributed by atoms with Gasteiger partial charge in [-0.05, 0) is 37.6 Å². The number of aliphatic carboxylic acids is 1. The summed E-state index contributed by atoms with van der Waals surface area (Å²) in [5.41, 5.74) is 0.303. The van der Waals surface area contributed by atoms with Gasteiger partial charge in [0, 0.05) is 18.2 Å². The fourth-order valence-electron chi connectivity index (χ4n) is 2.84. The summed E-state index contributed by atoms with van der Waals surface area (Å²) in [7, 11) is 1.53. The van der Waals surface area contributed by atoms with Gasteiger partial charge in [-0.15, -0.1) is 0 Å². The zero-order valence-electron chi connectivity index (χ0n) is 14.7. The number of carboxylic acids is 1. The topological polar surface area (TPSA) is 110 Å². The van der Waals surface area contributed by atoms with Crippen LogP contribution < -0.4 is 5.32 Å². The number of carbonyl (C=O) groups is 4. The summed E-state index contributed by atoms with van der Waals surface area (Å²) in [6, 6.07) is 4.84. The van der Waals surface area contributed by atoms with Crippen molar-refractivity contribution in [3.05, 3.63) is 34.9 Å². The van der Waals surface area contributed by atoms with Gasteiger partial charge in [0.15, 0.2) is 17.5 Å². The van der Waals surface area contributed by atoms with Crippen LogP contribution in [0.15, 0.2) is 18.2 Å². The van der Waals surface area contributed by atoms with Crippen molar-refractivity contribution >= 4 is 23.4 Å². The van der Waals surface area contributed by atoms with Gasteiger partial charge in [0.1, 0.15) is 13.2 Å². The molecule has 1 atom stereocenters. The summed E-state index contributed by atoms with van der Waals surface area (Å²) >= 11 is 0. The van der Waals surface area contributed by atoms with E-state index in [1.54, 1.807) is 32.0 Å². The molecule has 2 N–H and O–H groups in total. The average Bonchev–Trinajstić information content (AvgIpc) is 2.59. The van der Waals surface area contributed by atoms with Crippen LogP contribution in [0.1, 0.15) is 35.3 Å². The molecule has 7 nitrogen and oxygen atoms in total. The number of Topliss-reactive ketones (excluding diaryl/α,β-unsaturated/α-hetero) is 2. The van der Waals surface area contributed by atoms with Crippen molar-refractivity contribution in [2.75, 3.05) is 20.3 Å². The average molecular weight is 357 g/mol. The molecule has 1 aromatic rings. The van der Waals surface area contributed by atoms with Crippen molar-refractivity contribution in [2.45, 2.75) is 19.3 Å². The van der Waals surface area contributed by atoms with Crippen LogP contribution >= 0.6 is 0 Å². The molecule has 1 amide bonds. The van der Waals surface area contributed by atoms with Crippen LogP contribution in [-0.2, 0) is 24.5 Å². The second-order valence-corrected chi connectivity index (χ2v) is 6.39.